The number of halogens is 1. The number of nitrogens with zero attached hydrogens (tertiary/aromatic N) is 1. The number of benzene rings is 2. The Kier molecular flexibility index (Phi) is 5.68. The molecule has 2 aromatic carbocycles. The van der Waals surface area contributed by atoms with Crippen LogP contribution in [0.3, 0.4) is 0 Å². The van der Waals surface area contributed by atoms with Gasteiger partial charge in [-0.2, -0.15) is 5.26 Å². The zero-order chi connectivity index (χ0) is 15.1. The first kappa shape index (κ1) is 15.4. The van der Waals surface area contributed by atoms with Gasteiger partial charge in [-0.05, 0) is 29.8 Å². The Bertz CT molecular complexity index is 682. The predicted molar refractivity (Wildman–Crippen MR) is 87.4 cm³/mol. The lowest BCUT2D eigenvalue weighted by Crippen LogP contribution is -2.14. The molecule has 1 N–H and O–H groups in total. The molecule has 0 saturated heterocycles. The molecule has 0 atom stereocenters. The van der Waals surface area contributed by atoms with Gasteiger partial charge in [0.05, 0.1) is 17.4 Å². The first-order valence-electron chi connectivity index (χ1n) is 6.30. The Labute approximate surface area is 132 Å². The van der Waals surface area contributed by atoms with Crippen LogP contribution < -0.4 is 5.32 Å². The number of nitriles is 1. The lowest BCUT2D eigenvalue weighted by atomic mass is 10.1. The Morgan fingerprint density at radius 3 is 2.81 bits per heavy atom. The van der Waals surface area contributed by atoms with Crippen LogP contribution in [0.15, 0.2) is 48.5 Å². The summed E-state index contributed by atoms with van der Waals surface area (Å²) in [5, 5.41) is 12.4. The molecule has 0 aliphatic heterocycles. The van der Waals surface area contributed by atoms with E-state index in [9.17, 15) is 4.79 Å². The zero-order valence-electron chi connectivity index (χ0n) is 11.2. The SMILES string of the molecule is N#Cc1ccccc1CSCC(=O)Nc1cccc(Cl)c1. The molecule has 0 aromatic heterocycles. The quantitative estimate of drug-likeness (QED) is 0.904. The number of anilines is 1. The van der Waals surface area contributed by atoms with Gasteiger partial charge in [-0.1, -0.05) is 35.9 Å². The van der Waals surface area contributed by atoms with Crippen molar-refractivity contribution in [2.45, 2.75) is 5.75 Å². The fourth-order valence-electron chi connectivity index (χ4n) is 1.77. The summed E-state index contributed by atoms with van der Waals surface area (Å²) in [5.74, 6) is 0.871. The van der Waals surface area contributed by atoms with Gasteiger partial charge in [0.15, 0.2) is 0 Å². The summed E-state index contributed by atoms with van der Waals surface area (Å²) in [4.78, 5) is 11.8. The van der Waals surface area contributed by atoms with Gasteiger partial charge < -0.3 is 5.32 Å². The summed E-state index contributed by atoms with van der Waals surface area (Å²) in [5.41, 5.74) is 2.28. The molecule has 0 saturated carbocycles. The largest absolute Gasteiger partial charge is 0.325 e. The molecule has 2 rings (SSSR count). The van der Waals surface area contributed by atoms with E-state index < -0.39 is 0 Å². The fourth-order valence-corrected chi connectivity index (χ4v) is 2.79. The second kappa shape index (κ2) is 7.72. The molecule has 0 heterocycles. The third kappa shape index (κ3) is 4.82. The number of nitrogens with one attached hydrogen (secondary N) is 1. The highest BCUT2D eigenvalue weighted by Gasteiger charge is 2.05. The molecule has 21 heavy (non-hydrogen) atoms. The molecule has 106 valence electrons. The van der Waals surface area contributed by atoms with Crippen molar-refractivity contribution in [2.24, 2.45) is 0 Å². The van der Waals surface area contributed by atoms with E-state index >= 15 is 0 Å². The average molecular weight is 317 g/mol. The summed E-state index contributed by atoms with van der Waals surface area (Å²) >= 11 is 7.33. The molecule has 1 amide bonds. The van der Waals surface area contributed by atoms with Crippen molar-refractivity contribution in [1.29, 1.82) is 5.26 Å². The number of carbonyl (C=O) groups excluding carboxylic acids is 1. The number of thioether (sulfide) groups is 1. The Hall–Kier alpha value is -1.96. The van der Waals surface area contributed by atoms with Crippen LogP contribution in [0.4, 0.5) is 5.69 Å². The molecule has 0 radical (unpaired) electrons. The van der Waals surface area contributed by atoms with Crippen LogP contribution in [0.2, 0.25) is 5.02 Å². The van der Waals surface area contributed by atoms with E-state index in [-0.39, 0.29) is 5.91 Å². The van der Waals surface area contributed by atoms with Crippen LogP contribution in [0.1, 0.15) is 11.1 Å². The van der Waals surface area contributed by atoms with E-state index in [2.05, 4.69) is 11.4 Å². The maximum absolute atomic E-state index is 11.8. The Morgan fingerprint density at radius 1 is 1.24 bits per heavy atom. The van der Waals surface area contributed by atoms with Crippen LogP contribution >= 0.6 is 23.4 Å². The molecular formula is C16H13ClN2OS. The van der Waals surface area contributed by atoms with E-state index in [1.807, 2.05) is 18.2 Å². The van der Waals surface area contributed by atoms with E-state index in [0.29, 0.717) is 27.8 Å². The highest BCUT2D eigenvalue weighted by Crippen LogP contribution is 2.18. The fraction of sp³-hybridized carbons (Fsp3) is 0.125. The van der Waals surface area contributed by atoms with Crippen molar-refractivity contribution in [1.82, 2.24) is 0 Å². The molecular weight excluding hydrogens is 304 g/mol. The minimum atomic E-state index is -0.0864. The lowest BCUT2D eigenvalue weighted by molar-refractivity contribution is -0.113. The van der Waals surface area contributed by atoms with E-state index in [4.69, 9.17) is 16.9 Å². The molecule has 2 aromatic rings. The van der Waals surface area contributed by atoms with Crippen molar-refractivity contribution in [3.63, 3.8) is 0 Å². The monoisotopic (exact) mass is 316 g/mol. The first-order valence-corrected chi connectivity index (χ1v) is 7.83. The van der Waals surface area contributed by atoms with Gasteiger partial charge in [-0.3, -0.25) is 4.79 Å². The van der Waals surface area contributed by atoms with Crippen LogP contribution in [-0.2, 0) is 10.5 Å². The molecule has 3 nitrogen and oxygen atoms in total. The minimum absolute atomic E-state index is 0.0864. The normalized spacial score (nSPS) is 9.90. The predicted octanol–water partition coefficient (Wildman–Crippen LogP) is 4.08. The lowest BCUT2D eigenvalue weighted by Gasteiger charge is -2.06. The van der Waals surface area contributed by atoms with Gasteiger partial charge in [0, 0.05) is 16.5 Å². The molecule has 0 aliphatic rings. The minimum Gasteiger partial charge on any atom is -0.325 e. The number of hydrogen-bond donors (Lipinski definition) is 1. The first-order chi connectivity index (χ1) is 10.2. The van der Waals surface area contributed by atoms with Crippen molar-refractivity contribution in [2.75, 3.05) is 11.1 Å². The van der Waals surface area contributed by atoms with Crippen LogP contribution in [0.5, 0.6) is 0 Å². The Balaban J connectivity index is 1.83. The maximum Gasteiger partial charge on any atom is 0.234 e. The second-order valence-electron chi connectivity index (χ2n) is 4.32. The van der Waals surface area contributed by atoms with Gasteiger partial charge in [-0.25, -0.2) is 0 Å². The second-order valence-corrected chi connectivity index (χ2v) is 5.74. The van der Waals surface area contributed by atoms with Crippen molar-refractivity contribution < 1.29 is 4.79 Å². The van der Waals surface area contributed by atoms with Gasteiger partial charge in [0.25, 0.3) is 0 Å². The summed E-state index contributed by atoms with van der Waals surface area (Å²) in [6, 6.07) is 16.6. The van der Waals surface area contributed by atoms with Crippen LogP contribution in [0.25, 0.3) is 0 Å². The molecule has 0 bridgehead atoms. The smallest absolute Gasteiger partial charge is 0.234 e. The topological polar surface area (TPSA) is 52.9 Å². The third-order valence-electron chi connectivity index (χ3n) is 2.74. The van der Waals surface area contributed by atoms with Gasteiger partial charge >= 0.3 is 0 Å². The summed E-state index contributed by atoms with van der Waals surface area (Å²) in [6.45, 7) is 0. The van der Waals surface area contributed by atoms with E-state index in [1.165, 1.54) is 11.8 Å². The molecule has 0 fully saturated rings. The number of hydrogen-bond acceptors (Lipinski definition) is 3. The van der Waals surface area contributed by atoms with Gasteiger partial charge in [-0.15, -0.1) is 11.8 Å². The highest BCUT2D eigenvalue weighted by atomic mass is 35.5. The summed E-state index contributed by atoms with van der Waals surface area (Å²) in [6.07, 6.45) is 0. The third-order valence-corrected chi connectivity index (χ3v) is 3.95. The number of rotatable bonds is 5. The van der Waals surface area contributed by atoms with Crippen molar-refractivity contribution >= 4 is 35.0 Å². The average Bonchev–Trinajstić information content (AvgIpc) is 2.47. The van der Waals surface area contributed by atoms with Crippen LogP contribution in [0, 0.1) is 11.3 Å². The molecule has 0 aliphatic carbocycles. The van der Waals surface area contributed by atoms with E-state index in [1.54, 1.807) is 30.3 Å². The van der Waals surface area contributed by atoms with Gasteiger partial charge in [0.1, 0.15) is 0 Å². The highest BCUT2D eigenvalue weighted by molar-refractivity contribution is 7.99. The molecule has 5 heteroatoms. The Morgan fingerprint density at radius 2 is 2.05 bits per heavy atom. The maximum atomic E-state index is 11.8. The van der Waals surface area contributed by atoms with Crippen LogP contribution in [-0.4, -0.2) is 11.7 Å². The van der Waals surface area contributed by atoms with Crippen molar-refractivity contribution in [3.05, 3.63) is 64.7 Å². The zero-order valence-corrected chi connectivity index (χ0v) is 12.7. The van der Waals surface area contributed by atoms with Gasteiger partial charge in [0.2, 0.25) is 5.91 Å². The van der Waals surface area contributed by atoms with Crippen molar-refractivity contribution in [3.8, 4) is 6.07 Å². The molecule has 0 spiro atoms. The number of carbonyl (C=O) groups is 1. The summed E-state index contributed by atoms with van der Waals surface area (Å²) < 4.78 is 0. The standard InChI is InChI=1S/C16H13ClN2OS/c17-14-6-3-7-15(8-14)19-16(20)11-21-10-13-5-2-1-4-12(13)9-18/h1-8H,10-11H2,(H,19,20). The summed E-state index contributed by atoms with van der Waals surface area (Å²) in [7, 11) is 0. The number of amides is 1. The molecule has 0 unspecified atom stereocenters. The van der Waals surface area contributed by atoms with E-state index in [0.717, 1.165) is 5.56 Å².